The van der Waals surface area contributed by atoms with Gasteiger partial charge in [0.25, 0.3) is 11.8 Å². The minimum atomic E-state index is -4.60. The lowest BCUT2D eigenvalue weighted by Gasteiger charge is -2.25. The van der Waals surface area contributed by atoms with Gasteiger partial charge in [-0.3, -0.25) is 14.4 Å². The summed E-state index contributed by atoms with van der Waals surface area (Å²) in [5.74, 6) is -1.65. The van der Waals surface area contributed by atoms with Gasteiger partial charge in [0.15, 0.2) is 6.61 Å². The molecule has 0 spiro atoms. The van der Waals surface area contributed by atoms with E-state index in [1.54, 1.807) is 36.4 Å². The highest BCUT2D eigenvalue weighted by molar-refractivity contribution is 6.36. The Hall–Kier alpha value is -5.24. The van der Waals surface area contributed by atoms with Crippen LogP contribution in [0.2, 0.25) is 5.02 Å². The standard InChI is InChI=1S/C38H41ClF3N7O4/c1-4-5-24-6-8-25(9-7-24)20-30(50)32(52)44-22-36(2,3)21-43-31(51)26-10-16-29(17-11-26)45-33-46-34(48-35(47-33)53-23-38(40,41)42)49-37(18-19-37)27-12-14-28(39)15-13-27/h6-17H,4-5,18-23H2,1-3H3,(H,43,51)(H,44,52)(H2,45,46,47,48,49). The van der Waals surface area contributed by atoms with E-state index in [0.29, 0.717) is 16.3 Å². The van der Waals surface area contributed by atoms with E-state index in [0.717, 1.165) is 36.8 Å². The van der Waals surface area contributed by atoms with Crippen LogP contribution in [0.25, 0.3) is 0 Å². The van der Waals surface area contributed by atoms with Gasteiger partial charge in [0.05, 0.1) is 5.54 Å². The molecule has 5 rings (SSSR count). The fourth-order valence-corrected chi connectivity index (χ4v) is 5.51. The second-order valence-electron chi connectivity index (χ2n) is 13.8. The molecule has 1 aliphatic carbocycles. The lowest BCUT2D eigenvalue weighted by Crippen LogP contribution is -2.44. The fraction of sp³-hybridized carbons (Fsp3) is 0.368. The highest BCUT2D eigenvalue weighted by Crippen LogP contribution is 2.48. The van der Waals surface area contributed by atoms with E-state index < -0.39 is 41.4 Å². The first kappa shape index (κ1) is 39.0. The Morgan fingerprint density at radius 1 is 0.830 bits per heavy atom. The average molecular weight is 752 g/mol. The molecular formula is C38H41ClF3N7O4. The number of hydrogen-bond acceptors (Lipinski definition) is 9. The average Bonchev–Trinajstić information content (AvgIpc) is 3.90. The Bertz CT molecular complexity index is 1900. The molecule has 53 heavy (non-hydrogen) atoms. The van der Waals surface area contributed by atoms with Crippen LogP contribution in [-0.4, -0.2) is 58.4 Å². The molecule has 1 saturated carbocycles. The molecule has 15 heteroatoms. The van der Waals surface area contributed by atoms with Crippen LogP contribution >= 0.6 is 11.6 Å². The second-order valence-corrected chi connectivity index (χ2v) is 14.2. The number of ether oxygens (including phenoxy) is 1. The summed E-state index contributed by atoms with van der Waals surface area (Å²) in [6.45, 7) is 4.58. The van der Waals surface area contributed by atoms with Gasteiger partial charge >= 0.3 is 12.2 Å². The first-order valence-electron chi connectivity index (χ1n) is 17.2. The number of nitrogens with zero attached hydrogens (tertiary/aromatic N) is 3. The molecule has 0 bridgehead atoms. The van der Waals surface area contributed by atoms with Gasteiger partial charge < -0.3 is 26.0 Å². The zero-order valence-electron chi connectivity index (χ0n) is 29.6. The third kappa shape index (κ3) is 11.6. The van der Waals surface area contributed by atoms with Crippen molar-refractivity contribution in [3.05, 3.63) is 100 Å². The molecule has 4 aromatic rings. The highest BCUT2D eigenvalue weighted by atomic mass is 35.5. The molecule has 2 amide bonds. The number of halogens is 4. The minimum absolute atomic E-state index is 0.00359. The van der Waals surface area contributed by atoms with Gasteiger partial charge in [-0.25, -0.2) is 0 Å². The highest BCUT2D eigenvalue weighted by Gasteiger charge is 2.45. The van der Waals surface area contributed by atoms with Crippen molar-refractivity contribution in [2.45, 2.75) is 64.6 Å². The number of Topliss-reactive ketones (excluding diaryl/α,β-unsaturated/α-hetero) is 1. The molecule has 11 nitrogen and oxygen atoms in total. The number of benzene rings is 3. The molecule has 1 aromatic heterocycles. The van der Waals surface area contributed by atoms with Crippen LogP contribution in [0.1, 0.15) is 67.1 Å². The molecule has 4 N–H and O–H groups in total. The third-order valence-electron chi connectivity index (χ3n) is 8.52. The molecule has 1 heterocycles. The van der Waals surface area contributed by atoms with Crippen LogP contribution in [0, 0.1) is 5.41 Å². The summed E-state index contributed by atoms with van der Waals surface area (Å²) in [6.07, 6.45) is -1.14. The molecule has 0 saturated heterocycles. The van der Waals surface area contributed by atoms with E-state index >= 15 is 0 Å². The summed E-state index contributed by atoms with van der Waals surface area (Å²) >= 11 is 6.04. The number of aromatic nitrogens is 3. The molecule has 3 aromatic carbocycles. The van der Waals surface area contributed by atoms with Crippen molar-refractivity contribution >= 4 is 46.8 Å². The quantitative estimate of drug-likeness (QED) is 0.0842. The van der Waals surface area contributed by atoms with Crippen molar-refractivity contribution in [2.24, 2.45) is 5.41 Å². The Kier molecular flexibility index (Phi) is 12.2. The van der Waals surface area contributed by atoms with Crippen LogP contribution in [0.15, 0.2) is 72.8 Å². The number of ketones is 1. The van der Waals surface area contributed by atoms with Gasteiger partial charge in [-0.15, -0.1) is 0 Å². The maximum Gasteiger partial charge on any atom is 0.422 e. The number of rotatable bonds is 17. The largest absolute Gasteiger partial charge is 0.454 e. The van der Waals surface area contributed by atoms with Gasteiger partial charge in [-0.2, -0.15) is 28.1 Å². The Labute approximate surface area is 310 Å². The van der Waals surface area contributed by atoms with Crippen molar-refractivity contribution in [3.8, 4) is 6.01 Å². The predicted molar refractivity (Wildman–Crippen MR) is 195 cm³/mol. The van der Waals surface area contributed by atoms with Gasteiger partial charge in [-0.05, 0) is 77.8 Å². The smallest absolute Gasteiger partial charge is 0.422 e. The molecule has 1 fully saturated rings. The fourth-order valence-electron chi connectivity index (χ4n) is 5.39. The number of anilines is 3. The monoisotopic (exact) mass is 751 g/mol. The van der Waals surface area contributed by atoms with E-state index in [-0.39, 0.29) is 37.3 Å². The first-order chi connectivity index (χ1) is 25.1. The summed E-state index contributed by atoms with van der Waals surface area (Å²) < 4.78 is 43.7. The molecule has 0 unspecified atom stereocenters. The Balaban J connectivity index is 1.15. The predicted octanol–water partition coefficient (Wildman–Crippen LogP) is 6.95. The maximum atomic E-state index is 13.0. The number of hydrogen-bond donors (Lipinski definition) is 4. The number of carbonyl (C=O) groups excluding carboxylic acids is 3. The van der Waals surface area contributed by atoms with Crippen LogP contribution in [0.4, 0.5) is 30.8 Å². The number of amides is 2. The van der Waals surface area contributed by atoms with E-state index in [1.807, 2.05) is 50.2 Å². The van der Waals surface area contributed by atoms with Crippen molar-refractivity contribution in [1.82, 2.24) is 25.6 Å². The number of alkyl halides is 3. The van der Waals surface area contributed by atoms with Gasteiger partial charge in [0.2, 0.25) is 17.7 Å². The Morgan fingerprint density at radius 2 is 1.45 bits per heavy atom. The van der Waals surface area contributed by atoms with E-state index in [1.165, 1.54) is 5.56 Å². The van der Waals surface area contributed by atoms with Crippen LogP contribution < -0.4 is 26.0 Å². The molecule has 0 aliphatic heterocycles. The second kappa shape index (κ2) is 16.6. The summed E-state index contributed by atoms with van der Waals surface area (Å²) in [7, 11) is 0. The SMILES string of the molecule is CCCc1ccc(CC(=O)C(=O)NCC(C)(C)CNC(=O)c2ccc(Nc3nc(NC4(c5ccc(Cl)cc5)CC4)nc(OCC(F)(F)F)n3)cc2)cc1. The van der Waals surface area contributed by atoms with Crippen molar-refractivity contribution in [1.29, 1.82) is 0 Å². The summed E-state index contributed by atoms with van der Waals surface area (Å²) in [4.78, 5) is 50.4. The summed E-state index contributed by atoms with van der Waals surface area (Å²) in [6, 6.07) is 20.6. The van der Waals surface area contributed by atoms with Crippen LogP contribution in [0.5, 0.6) is 6.01 Å². The van der Waals surface area contributed by atoms with Crippen molar-refractivity contribution < 1.29 is 32.3 Å². The summed E-state index contributed by atoms with van der Waals surface area (Å²) in [5, 5.41) is 12.3. The van der Waals surface area contributed by atoms with Crippen molar-refractivity contribution in [2.75, 3.05) is 30.3 Å². The first-order valence-corrected chi connectivity index (χ1v) is 17.5. The molecule has 280 valence electrons. The number of carbonyl (C=O) groups is 3. The van der Waals surface area contributed by atoms with Gasteiger partial charge in [0.1, 0.15) is 0 Å². The zero-order chi connectivity index (χ0) is 38.2. The third-order valence-corrected chi connectivity index (χ3v) is 8.77. The normalized spacial score (nSPS) is 13.5. The minimum Gasteiger partial charge on any atom is -0.454 e. The van der Waals surface area contributed by atoms with Crippen molar-refractivity contribution in [3.63, 3.8) is 0 Å². The number of aryl methyl sites for hydroxylation is 1. The summed E-state index contributed by atoms with van der Waals surface area (Å²) in [5.41, 5.74) is 2.57. The lowest BCUT2D eigenvalue weighted by molar-refractivity contribution is -0.154. The van der Waals surface area contributed by atoms with E-state index in [4.69, 9.17) is 16.3 Å². The molecule has 0 radical (unpaired) electrons. The molecule has 1 aliphatic rings. The van der Waals surface area contributed by atoms with Gasteiger partial charge in [-0.1, -0.05) is 75.2 Å². The zero-order valence-corrected chi connectivity index (χ0v) is 30.3. The van der Waals surface area contributed by atoms with E-state index in [9.17, 15) is 27.6 Å². The van der Waals surface area contributed by atoms with Crippen LogP contribution in [0.3, 0.4) is 0 Å². The van der Waals surface area contributed by atoms with E-state index in [2.05, 4.69) is 43.1 Å². The van der Waals surface area contributed by atoms with Gasteiger partial charge in [0, 0.05) is 35.8 Å². The number of nitrogens with one attached hydrogen (secondary N) is 4. The molecule has 0 atom stereocenters. The topological polar surface area (TPSA) is 147 Å². The van der Waals surface area contributed by atoms with Crippen LogP contribution in [-0.2, 0) is 28.0 Å². The Morgan fingerprint density at radius 3 is 2.08 bits per heavy atom. The molecular weight excluding hydrogens is 711 g/mol. The maximum absolute atomic E-state index is 13.0. The lowest BCUT2D eigenvalue weighted by atomic mass is 9.93.